The van der Waals surface area contributed by atoms with Crippen LogP contribution in [0.25, 0.3) is 16.7 Å². The maximum atomic E-state index is 12.9. The molecular weight excluding hydrogens is 530 g/mol. The highest BCUT2D eigenvalue weighted by molar-refractivity contribution is 6.05. The van der Waals surface area contributed by atoms with E-state index in [0.717, 1.165) is 16.7 Å². The van der Waals surface area contributed by atoms with Crippen LogP contribution in [0.2, 0.25) is 0 Å². The fourth-order valence-corrected chi connectivity index (χ4v) is 4.33. The Morgan fingerprint density at radius 2 is 1.71 bits per heavy atom. The molecule has 0 aliphatic heterocycles. The van der Waals surface area contributed by atoms with Gasteiger partial charge < -0.3 is 30.2 Å². The molecule has 42 heavy (non-hydrogen) atoms. The molecule has 0 aliphatic carbocycles. The Hall–Kier alpha value is -5.48. The van der Waals surface area contributed by atoms with E-state index in [9.17, 15) is 9.59 Å². The predicted octanol–water partition coefficient (Wildman–Crippen LogP) is 5.48. The number of likely N-dealkylation sites (N-methyl/N-ethyl adjacent to an activating group) is 1. The van der Waals surface area contributed by atoms with E-state index in [0.29, 0.717) is 40.9 Å². The van der Waals surface area contributed by atoms with Crippen LogP contribution in [-0.4, -0.2) is 59.0 Å². The maximum absolute atomic E-state index is 12.9. The van der Waals surface area contributed by atoms with Crippen LogP contribution in [0.5, 0.6) is 5.75 Å². The number of aromatic nitrogens is 3. The summed E-state index contributed by atoms with van der Waals surface area (Å²) in [6.07, 6.45) is 6.90. The summed E-state index contributed by atoms with van der Waals surface area (Å²) in [6.45, 7) is 0.671. The molecule has 3 aromatic carbocycles. The Balaban J connectivity index is 1.23. The second kappa shape index (κ2) is 12.8. The fourth-order valence-electron chi connectivity index (χ4n) is 4.33. The van der Waals surface area contributed by atoms with Gasteiger partial charge in [-0.2, -0.15) is 4.98 Å². The Bertz CT molecular complexity index is 1740. The van der Waals surface area contributed by atoms with Gasteiger partial charge in [0, 0.05) is 53.0 Å². The van der Waals surface area contributed by atoms with Crippen molar-refractivity contribution in [2.45, 2.75) is 0 Å². The summed E-state index contributed by atoms with van der Waals surface area (Å²) in [4.78, 5) is 35.9. The zero-order chi connectivity index (χ0) is 29.5. The molecule has 0 saturated heterocycles. The third-order valence-electron chi connectivity index (χ3n) is 6.33. The topological polar surface area (TPSA) is 113 Å². The summed E-state index contributed by atoms with van der Waals surface area (Å²) < 4.78 is 7.45. The van der Waals surface area contributed by atoms with Gasteiger partial charge in [0.15, 0.2) is 0 Å². The second-order valence-corrected chi connectivity index (χ2v) is 9.71. The Morgan fingerprint density at radius 1 is 0.929 bits per heavy atom. The molecule has 0 bridgehead atoms. The van der Waals surface area contributed by atoms with E-state index < -0.39 is 0 Å². The maximum Gasteiger partial charge on any atom is 0.255 e. The monoisotopic (exact) mass is 561 g/mol. The van der Waals surface area contributed by atoms with Crippen molar-refractivity contribution in [2.75, 3.05) is 43.7 Å². The van der Waals surface area contributed by atoms with Crippen molar-refractivity contribution in [2.24, 2.45) is 0 Å². The second-order valence-electron chi connectivity index (χ2n) is 9.71. The van der Waals surface area contributed by atoms with Gasteiger partial charge in [-0.15, -0.1) is 0 Å². The SMILES string of the molecule is COc1cccc2c1ccn2-c1ccnc(Nc2cccc(NC(=O)c3ccc(NC(=O)C=CCN(C)C)cc3)c2)n1. The van der Waals surface area contributed by atoms with Crippen LogP contribution in [0.4, 0.5) is 23.0 Å². The fraction of sp³-hybridized carbons (Fsp3) is 0.125. The van der Waals surface area contributed by atoms with Crippen LogP contribution in [0.1, 0.15) is 10.4 Å². The largest absolute Gasteiger partial charge is 0.496 e. The van der Waals surface area contributed by atoms with Crippen LogP contribution in [-0.2, 0) is 4.79 Å². The van der Waals surface area contributed by atoms with Gasteiger partial charge in [0.2, 0.25) is 11.9 Å². The molecule has 10 nitrogen and oxygen atoms in total. The zero-order valence-electron chi connectivity index (χ0n) is 23.5. The number of methoxy groups -OCH3 is 1. The van der Waals surface area contributed by atoms with Gasteiger partial charge >= 0.3 is 0 Å². The average Bonchev–Trinajstić information content (AvgIpc) is 3.42. The van der Waals surface area contributed by atoms with Crippen molar-refractivity contribution in [3.63, 3.8) is 0 Å². The lowest BCUT2D eigenvalue weighted by molar-refractivity contribution is -0.111. The Labute approximate surface area is 243 Å². The summed E-state index contributed by atoms with van der Waals surface area (Å²) in [5.41, 5.74) is 3.35. The summed E-state index contributed by atoms with van der Waals surface area (Å²) in [6, 6.07) is 23.7. The molecule has 212 valence electrons. The van der Waals surface area contributed by atoms with E-state index in [1.807, 2.05) is 72.2 Å². The van der Waals surface area contributed by atoms with E-state index in [-0.39, 0.29) is 11.8 Å². The van der Waals surface area contributed by atoms with Crippen molar-refractivity contribution in [3.05, 3.63) is 109 Å². The van der Waals surface area contributed by atoms with Crippen LogP contribution < -0.4 is 20.7 Å². The van der Waals surface area contributed by atoms with Gasteiger partial charge in [0.25, 0.3) is 5.91 Å². The molecule has 0 spiro atoms. The van der Waals surface area contributed by atoms with Gasteiger partial charge in [0.1, 0.15) is 11.6 Å². The number of hydrogen-bond donors (Lipinski definition) is 3. The Morgan fingerprint density at radius 3 is 2.50 bits per heavy atom. The van der Waals surface area contributed by atoms with E-state index in [2.05, 4.69) is 25.9 Å². The molecule has 3 N–H and O–H groups in total. The number of carbonyl (C=O) groups excluding carboxylic acids is 2. The minimum Gasteiger partial charge on any atom is -0.496 e. The number of ether oxygens (including phenoxy) is 1. The number of anilines is 4. The number of nitrogens with one attached hydrogen (secondary N) is 3. The first kappa shape index (κ1) is 28.1. The highest BCUT2D eigenvalue weighted by atomic mass is 16.5. The van der Waals surface area contributed by atoms with Gasteiger partial charge in [-0.25, -0.2) is 4.98 Å². The molecule has 0 unspecified atom stereocenters. The average molecular weight is 562 g/mol. The lowest BCUT2D eigenvalue weighted by atomic mass is 10.2. The molecule has 10 heteroatoms. The minimum absolute atomic E-state index is 0.227. The number of rotatable bonds is 10. The van der Waals surface area contributed by atoms with Crippen LogP contribution in [0.15, 0.2) is 103 Å². The highest BCUT2D eigenvalue weighted by Gasteiger charge is 2.11. The van der Waals surface area contributed by atoms with Crippen molar-refractivity contribution in [3.8, 4) is 11.6 Å². The molecule has 5 rings (SSSR count). The standard InChI is InChI=1S/C32H31N7O3/c1-38(2)19-6-11-30(40)34-23-14-12-22(13-15-23)31(41)35-24-7-4-8-25(21-24)36-32-33-18-16-29(37-32)39-20-17-26-27(39)9-5-10-28(26)42-3/h4-18,20-21H,19H2,1-3H3,(H,34,40)(H,35,41)(H,33,36,37). The molecule has 0 radical (unpaired) electrons. The summed E-state index contributed by atoms with van der Waals surface area (Å²) in [7, 11) is 5.51. The predicted molar refractivity (Wildman–Crippen MR) is 166 cm³/mol. The van der Waals surface area contributed by atoms with E-state index >= 15 is 0 Å². The van der Waals surface area contributed by atoms with Gasteiger partial charge in [-0.3, -0.25) is 9.59 Å². The number of hydrogen-bond acceptors (Lipinski definition) is 7. The normalized spacial score (nSPS) is 11.1. The molecular formula is C32H31N7O3. The van der Waals surface area contributed by atoms with E-state index in [1.54, 1.807) is 55.8 Å². The quantitative estimate of drug-likeness (QED) is 0.194. The third kappa shape index (κ3) is 6.80. The molecule has 2 amide bonds. The summed E-state index contributed by atoms with van der Waals surface area (Å²) in [5, 5.41) is 9.90. The number of fused-ring (bicyclic) bond motifs is 1. The molecule has 0 aliphatic rings. The number of carbonyl (C=O) groups is 2. The Kier molecular flexibility index (Phi) is 8.55. The van der Waals surface area contributed by atoms with Crippen LogP contribution >= 0.6 is 0 Å². The van der Waals surface area contributed by atoms with Crippen LogP contribution in [0.3, 0.4) is 0 Å². The van der Waals surface area contributed by atoms with Crippen molar-refractivity contribution >= 4 is 45.7 Å². The number of benzene rings is 3. The summed E-state index contributed by atoms with van der Waals surface area (Å²) in [5.74, 6) is 1.40. The molecule has 2 aromatic heterocycles. The number of nitrogens with zero attached hydrogens (tertiary/aromatic N) is 4. The van der Waals surface area contributed by atoms with Gasteiger partial charge in [-0.1, -0.05) is 18.2 Å². The molecule has 5 aromatic rings. The first-order chi connectivity index (χ1) is 20.4. The third-order valence-corrected chi connectivity index (χ3v) is 6.33. The molecule has 2 heterocycles. The highest BCUT2D eigenvalue weighted by Crippen LogP contribution is 2.28. The smallest absolute Gasteiger partial charge is 0.255 e. The first-order valence-electron chi connectivity index (χ1n) is 13.3. The van der Waals surface area contributed by atoms with Crippen LogP contribution in [0, 0.1) is 0 Å². The molecule has 0 saturated carbocycles. The van der Waals surface area contributed by atoms with Gasteiger partial charge in [0.05, 0.1) is 12.6 Å². The lowest BCUT2D eigenvalue weighted by Gasteiger charge is -2.11. The first-order valence-corrected chi connectivity index (χ1v) is 13.3. The van der Waals surface area contributed by atoms with Crippen molar-refractivity contribution in [1.82, 2.24) is 19.4 Å². The summed E-state index contributed by atoms with van der Waals surface area (Å²) >= 11 is 0. The van der Waals surface area contributed by atoms with Gasteiger partial charge in [-0.05, 0) is 80.8 Å². The molecule has 0 fully saturated rings. The lowest BCUT2D eigenvalue weighted by Crippen LogP contribution is -2.13. The van der Waals surface area contributed by atoms with E-state index in [4.69, 9.17) is 4.74 Å². The number of amides is 2. The minimum atomic E-state index is -0.274. The van der Waals surface area contributed by atoms with Crippen molar-refractivity contribution < 1.29 is 14.3 Å². The molecule has 0 atom stereocenters. The van der Waals surface area contributed by atoms with E-state index in [1.165, 1.54) is 6.08 Å². The van der Waals surface area contributed by atoms with Crippen molar-refractivity contribution in [1.29, 1.82) is 0 Å². The zero-order valence-corrected chi connectivity index (χ0v) is 23.5.